The van der Waals surface area contributed by atoms with Crippen molar-refractivity contribution in [3.8, 4) is 0 Å². The van der Waals surface area contributed by atoms with Gasteiger partial charge in [0.1, 0.15) is 5.67 Å². The lowest BCUT2D eigenvalue weighted by molar-refractivity contribution is 0.190. The molecule has 1 aromatic rings. The number of alkyl halides is 1. The Morgan fingerprint density at radius 2 is 2.19 bits per heavy atom. The predicted molar refractivity (Wildman–Crippen MR) is 72.9 cm³/mol. The molecule has 0 heterocycles. The van der Waals surface area contributed by atoms with Gasteiger partial charge < -0.3 is 5.32 Å². The fourth-order valence-electron chi connectivity index (χ4n) is 1.53. The van der Waals surface area contributed by atoms with E-state index in [1.807, 2.05) is 18.2 Å². The third-order valence-corrected chi connectivity index (χ3v) is 4.22. The van der Waals surface area contributed by atoms with Crippen LogP contribution in [0.2, 0.25) is 0 Å². The van der Waals surface area contributed by atoms with E-state index in [1.54, 1.807) is 25.7 Å². The van der Waals surface area contributed by atoms with Crippen molar-refractivity contribution in [1.29, 1.82) is 0 Å². The van der Waals surface area contributed by atoms with Crippen LogP contribution in [0.5, 0.6) is 0 Å². The van der Waals surface area contributed by atoms with Gasteiger partial charge in [-0.1, -0.05) is 13.0 Å². The standard InChI is InChI=1S/C12H17BrFNS/c1-4-16-11-6-5-9(7-10(11)13)12(2,14)8-15-3/h5-7,15H,4,8H2,1-3H3. The molecule has 1 aromatic carbocycles. The lowest BCUT2D eigenvalue weighted by Gasteiger charge is -2.21. The average molecular weight is 306 g/mol. The summed E-state index contributed by atoms with van der Waals surface area (Å²) in [5.74, 6) is 1.02. The Kier molecular flexibility index (Phi) is 5.28. The first kappa shape index (κ1) is 14.0. The van der Waals surface area contributed by atoms with Crippen LogP contribution >= 0.6 is 27.7 Å². The Bertz CT molecular complexity index is 355. The van der Waals surface area contributed by atoms with Crippen molar-refractivity contribution in [2.45, 2.75) is 24.4 Å². The van der Waals surface area contributed by atoms with Gasteiger partial charge in [-0.2, -0.15) is 0 Å². The summed E-state index contributed by atoms with van der Waals surface area (Å²) < 4.78 is 15.2. The monoisotopic (exact) mass is 305 g/mol. The molecule has 16 heavy (non-hydrogen) atoms. The number of nitrogens with one attached hydrogen (secondary N) is 1. The molecule has 1 rings (SSSR count). The molecule has 0 fully saturated rings. The van der Waals surface area contributed by atoms with Crippen LogP contribution in [-0.4, -0.2) is 19.3 Å². The van der Waals surface area contributed by atoms with Gasteiger partial charge >= 0.3 is 0 Å². The molecule has 1 N–H and O–H groups in total. The average Bonchev–Trinajstić information content (AvgIpc) is 2.21. The number of halogens is 2. The minimum atomic E-state index is -1.33. The topological polar surface area (TPSA) is 12.0 Å². The summed E-state index contributed by atoms with van der Waals surface area (Å²) in [7, 11) is 1.76. The summed E-state index contributed by atoms with van der Waals surface area (Å²) in [6, 6.07) is 5.70. The summed E-state index contributed by atoms with van der Waals surface area (Å²) >= 11 is 5.23. The molecular formula is C12H17BrFNS. The highest BCUT2D eigenvalue weighted by atomic mass is 79.9. The van der Waals surface area contributed by atoms with Gasteiger partial charge in [-0.3, -0.25) is 0 Å². The number of hydrogen-bond donors (Lipinski definition) is 1. The molecule has 0 spiro atoms. The van der Waals surface area contributed by atoms with Crippen molar-refractivity contribution in [2.24, 2.45) is 0 Å². The van der Waals surface area contributed by atoms with Gasteiger partial charge in [-0.15, -0.1) is 11.8 Å². The molecule has 0 saturated heterocycles. The molecule has 0 aromatic heterocycles. The van der Waals surface area contributed by atoms with Gasteiger partial charge in [0.25, 0.3) is 0 Å². The number of thioether (sulfide) groups is 1. The molecule has 1 unspecified atom stereocenters. The predicted octanol–water partition coefficient (Wildman–Crippen LogP) is 3.97. The normalized spacial score (nSPS) is 14.8. The second kappa shape index (κ2) is 6.03. The van der Waals surface area contributed by atoms with Crippen LogP contribution in [0.15, 0.2) is 27.6 Å². The summed E-state index contributed by atoms with van der Waals surface area (Å²) in [5, 5.41) is 2.87. The first-order chi connectivity index (χ1) is 7.51. The maximum absolute atomic E-state index is 14.2. The Morgan fingerprint density at radius 3 is 2.69 bits per heavy atom. The second-order valence-electron chi connectivity index (χ2n) is 3.81. The molecule has 1 nitrogen and oxygen atoms in total. The van der Waals surface area contributed by atoms with E-state index in [0.717, 1.165) is 15.1 Å². The maximum atomic E-state index is 14.2. The largest absolute Gasteiger partial charge is 0.316 e. The van der Waals surface area contributed by atoms with Crippen LogP contribution in [0.1, 0.15) is 19.4 Å². The lowest BCUT2D eigenvalue weighted by atomic mass is 9.98. The molecule has 0 radical (unpaired) electrons. The van der Waals surface area contributed by atoms with Crippen molar-refractivity contribution >= 4 is 27.7 Å². The molecule has 90 valence electrons. The van der Waals surface area contributed by atoms with E-state index in [4.69, 9.17) is 0 Å². The van der Waals surface area contributed by atoms with Gasteiger partial charge in [0.15, 0.2) is 0 Å². The molecule has 0 aliphatic rings. The zero-order valence-electron chi connectivity index (χ0n) is 9.81. The van der Waals surface area contributed by atoms with Gasteiger partial charge in [0.2, 0.25) is 0 Å². The molecule has 0 aliphatic carbocycles. The molecule has 0 saturated carbocycles. The Balaban J connectivity index is 2.96. The Labute approximate surface area is 109 Å². The van der Waals surface area contributed by atoms with E-state index < -0.39 is 5.67 Å². The maximum Gasteiger partial charge on any atom is 0.145 e. The van der Waals surface area contributed by atoms with Gasteiger partial charge in [0, 0.05) is 15.9 Å². The van der Waals surface area contributed by atoms with Crippen molar-refractivity contribution < 1.29 is 4.39 Å². The minimum Gasteiger partial charge on any atom is -0.316 e. The van der Waals surface area contributed by atoms with Gasteiger partial charge in [-0.25, -0.2) is 4.39 Å². The van der Waals surface area contributed by atoms with Crippen molar-refractivity contribution in [2.75, 3.05) is 19.3 Å². The highest BCUT2D eigenvalue weighted by Crippen LogP contribution is 2.33. The van der Waals surface area contributed by atoms with E-state index in [9.17, 15) is 4.39 Å². The van der Waals surface area contributed by atoms with Crippen LogP contribution in [0, 0.1) is 0 Å². The Morgan fingerprint density at radius 1 is 1.50 bits per heavy atom. The molecule has 0 aliphatic heterocycles. The second-order valence-corrected chi connectivity index (χ2v) is 5.97. The van der Waals surface area contributed by atoms with Gasteiger partial charge in [-0.05, 0) is 53.4 Å². The van der Waals surface area contributed by atoms with E-state index >= 15 is 0 Å². The summed E-state index contributed by atoms with van der Waals surface area (Å²) in [5.41, 5.74) is -0.624. The van der Waals surface area contributed by atoms with Gasteiger partial charge in [0.05, 0.1) is 0 Å². The third-order valence-electron chi connectivity index (χ3n) is 2.34. The summed E-state index contributed by atoms with van der Waals surface area (Å²) in [6.45, 7) is 4.02. The first-order valence-corrected chi connectivity index (χ1v) is 7.05. The van der Waals surface area contributed by atoms with Crippen LogP contribution in [0.4, 0.5) is 4.39 Å². The fraction of sp³-hybridized carbons (Fsp3) is 0.500. The minimum absolute atomic E-state index is 0.319. The molecule has 0 bridgehead atoms. The number of likely N-dealkylation sites (N-methyl/N-ethyl adjacent to an activating group) is 1. The Hall–Kier alpha value is -0.0600. The quantitative estimate of drug-likeness (QED) is 0.826. The van der Waals surface area contributed by atoms with E-state index in [2.05, 4.69) is 28.2 Å². The van der Waals surface area contributed by atoms with Crippen molar-refractivity contribution in [3.05, 3.63) is 28.2 Å². The van der Waals surface area contributed by atoms with E-state index in [0.29, 0.717) is 12.1 Å². The zero-order valence-corrected chi connectivity index (χ0v) is 12.2. The highest BCUT2D eigenvalue weighted by Gasteiger charge is 2.25. The summed E-state index contributed by atoms with van der Waals surface area (Å²) in [4.78, 5) is 1.16. The zero-order chi connectivity index (χ0) is 12.2. The van der Waals surface area contributed by atoms with Crippen LogP contribution in [-0.2, 0) is 5.67 Å². The smallest absolute Gasteiger partial charge is 0.145 e. The molecule has 4 heteroatoms. The number of benzene rings is 1. The number of hydrogen-bond acceptors (Lipinski definition) is 2. The lowest BCUT2D eigenvalue weighted by Crippen LogP contribution is -2.29. The van der Waals surface area contributed by atoms with Crippen molar-refractivity contribution in [1.82, 2.24) is 5.32 Å². The van der Waals surface area contributed by atoms with Crippen molar-refractivity contribution in [3.63, 3.8) is 0 Å². The molecule has 1 atom stereocenters. The SMILES string of the molecule is CCSc1ccc(C(C)(F)CNC)cc1Br. The number of rotatable bonds is 5. The summed E-state index contributed by atoms with van der Waals surface area (Å²) in [6.07, 6.45) is 0. The van der Waals surface area contributed by atoms with Crippen LogP contribution in [0.3, 0.4) is 0 Å². The third kappa shape index (κ3) is 3.47. The fourth-order valence-corrected chi connectivity index (χ4v) is 2.93. The van der Waals surface area contributed by atoms with E-state index in [1.165, 1.54) is 0 Å². The first-order valence-electron chi connectivity index (χ1n) is 5.27. The van der Waals surface area contributed by atoms with Crippen LogP contribution < -0.4 is 5.32 Å². The highest BCUT2D eigenvalue weighted by molar-refractivity contribution is 9.10. The van der Waals surface area contributed by atoms with Crippen LogP contribution in [0.25, 0.3) is 0 Å². The molecular weight excluding hydrogens is 289 g/mol. The van der Waals surface area contributed by atoms with E-state index in [-0.39, 0.29) is 0 Å². The molecule has 0 amide bonds.